The summed E-state index contributed by atoms with van der Waals surface area (Å²) in [6.45, 7) is 5.00. The summed E-state index contributed by atoms with van der Waals surface area (Å²) in [6, 6.07) is -11.6. The van der Waals surface area contributed by atoms with E-state index in [0.717, 1.165) is 6.39 Å². The van der Waals surface area contributed by atoms with Crippen molar-refractivity contribution in [3.63, 3.8) is 0 Å². The second-order valence-corrected chi connectivity index (χ2v) is 17.3. The summed E-state index contributed by atoms with van der Waals surface area (Å²) in [5.41, 5.74) is 27.7. The Morgan fingerprint density at radius 3 is 1.75 bits per heavy atom. The molecule has 0 spiro atoms. The Balaban J connectivity index is 2.26. The average Bonchev–Trinajstić information content (AvgIpc) is 4.06. The lowest BCUT2D eigenvalue weighted by atomic mass is 10.1. The van der Waals surface area contributed by atoms with E-state index in [9.17, 15) is 58.2 Å². The number of primary amides is 1. The number of nitrogens with one attached hydrogen (secondary N) is 8. The standard InChI is InChI=1S/C43H74N16O13/c1-22(53-36(65)26(11-5-7-15-44)57-41(70)32(45)25(4)61)34(63)52-23(2)35(64)55-28(13-9-17-51-43(47)48)37(66)56-27(12-6-8-16-50-40(69)31-19-49-21-72-31)38(67)58-29(20-60)39(68)54-24(3)42(71)59-18-10-14-30(59)33(46)62/h19,21-30,32,60-61H,5-18,20,44-45H2,1-4H3,(H2,46,62)(H,50,69)(H,52,63)(H,53,65)(H,54,68)(H,55,64)(H,56,66)(H,57,70)(H,58,67)(H4,47,48,51)/t22-,23-,24-,25+,26-,27-,28-,29-,30-,32-/m0/s1. The Morgan fingerprint density at radius 2 is 1.21 bits per heavy atom. The van der Waals surface area contributed by atoms with Gasteiger partial charge in [0.1, 0.15) is 54.4 Å². The number of carbonyl (C=O) groups excluding carboxylic acids is 10. The van der Waals surface area contributed by atoms with Gasteiger partial charge < -0.3 is 90.7 Å². The highest BCUT2D eigenvalue weighted by atomic mass is 16.3. The molecule has 404 valence electrons. The van der Waals surface area contributed by atoms with E-state index < -0.39 is 126 Å². The number of guanidine groups is 1. The number of aliphatic hydroxyl groups is 2. The fourth-order valence-electron chi connectivity index (χ4n) is 7.15. The SMILES string of the molecule is C[C@H](NC(=O)[C@H](C)NC(=O)[C@H](CCCCN)NC(=O)[C@@H](N)[C@@H](C)O)C(=O)N[C@@H](CCCN=C(N)N)C(=O)N[C@@H](CCCCNC(=O)c1cnco1)C(=O)N[C@@H](CO)C(=O)N[C@@H](C)C(=O)N1CCC[C@H]1C(N)=O. The van der Waals surface area contributed by atoms with E-state index in [0.29, 0.717) is 32.2 Å². The van der Waals surface area contributed by atoms with Crippen molar-refractivity contribution in [1.29, 1.82) is 0 Å². The van der Waals surface area contributed by atoms with Crippen LogP contribution in [0.5, 0.6) is 0 Å². The number of nitrogens with two attached hydrogens (primary N) is 5. The first-order valence-corrected chi connectivity index (χ1v) is 23.7. The third-order valence-electron chi connectivity index (χ3n) is 11.4. The number of unbranched alkanes of at least 4 members (excludes halogenated alkanes) is 2. The minimum atomic E-state index is -1.64. The second kappa shape index (κ2) is 31.4. The van der Waals surface area contributed by atoms with E-state index in [1.807, 2.05) is 0 Å². The number of aliphatic hydroxyl groups excluding tert-OH is 2. The molecule has 20 N–H and O–H groups in total. The van der Waals surface area contributed by atoms with Crippen LogP contribution < -0.4 is 71.2 Å². The zero-order chi connectivity index (χ0) is 54.1. The smallest absolute Gasteiger partial charge is 0.288 e. The lowest BCUT2D eigenvalue weighted by Crippen LogP contribution is -2.60. The van der Waals surface area contributed by atoms with Crippen molar-refractivity contribution >= 4 is 65.0 Å². The molecule has 0 aromatic carbocycles. The molecule has 0 unspecified atom stereocenters. The highest BCUT2D eigenvalue weighted by Crippen LogP contribution is 2.18. The molecule has 1 fully saturated rings. The van der Waals surface area contributed by atoms with Gasteiger partial charge in [0.15, 0.2) is 12.4 Å². The van der Waals surface area contributed by atoms with Crippen molar-refractivity contribution in [2.45, 2.75) is 152 Å². The van der Waals surface area contributed by atoms with Crippen LogP contribution in [0.25, 0.3) is 0 Å². The van der Waals surface area contributed by atoms with Crippen LogP contribution in [0.2, 0.25) is 0 Å². The first-order chi connectivity index (χ1) is 34.0. The number of oxazole rings is 1. The highest BCUT2D eigenvalue weighted by Gasteiger charge is 2.37. The van der Waals surface area contributed by atoms with Crippen molar-refractivity contribution in [2.24, 2.45) is 33.7 Å². The molecule has 29 nitrogen and oxygen atoms in total. The number of hydrogen-bond donors (Lipinski definition) is 15. The molecule has 2 rings (SSSR count). The average molecular weight is 1020 g/mol. The molecule has 1 aromatic rings. The fraction of sp³-hybridized carbons (Fsp3) is 0.674. The number of amides is 10. The van der Waals surface area contributed by atoms with Crippen LogP contribution in [0.4, 0.5) is 0 Å². The summed E-state index contributed by atoms with van der Waals surface area (Å²) < 4.78 is 4.98. The summed E-state index contributed by atoms with van der Waals surface area (Å²) in [5, 5.41) is 39.9. The molecular weight excluding hydrogens is 949 g/mol. The number of aliphatic imine (C=N–C) groups is 1. The molecule has 0 radical (unpaired) electrons. The molecular formula is C43H74N16O13. The van der Waals surface area contributed by atoms with Gasteiger partial charge in [-0.15, -0.1) is 0 Å². The summed E-state index contributed by atoms with van der Waals surface area (Å²) in [6.07, 6.45) is 3.37. The van der Waals surface area contributed by atoms with Crippen molar-refractivity contribution < 1.29 is 62.6 Å². The number of rotatable bonds is 32. The number of nitrogens with zero attached hydrogens (tertiary/aromatic N) is 3. The van der Waals surface area contributed by atoms with Gasteiger partial charge in [-0.2, -0.15) is 0 Å². The predicted octanol–water partition coefficient (Wildman–Crippen LogP) is -6.61. The van der Waals surface area contributed by atoms with Crippen molar-refractivity contribution in [3.8, 4) is 0 Å². The van der Waals surface area contributed by atoms with E-state index in [1.165, 1.54) is 38.8 Å². The molecule has 10 atom stereocenters. The Labute approximate surface area is 416 Å². The van der Waals surface area contributed by atoms with Crippen LogP contribution in [-0.2, 0) is 43.2 Å². The van der Waals surface area contributed by atoms with Gasteiger partial charge in [-0.05, 0) is 98.4 Å². The monoisotopic (exact) mass is 1020 g/mol. The van der Waals surface area contributed by atoms with Crippen LogP contribution in [-0.4, -0.2) is 178 Å². The minimum absolute atomic E-state index is 0.0168. The second-order valence-electron chi connectivity index (χ2n) is 17.3. The molecule has 0 aliphatic carbocycles. The molecule has 10 amide bonds. The van der Waals surface area contributed by atoms with Gasteiger partial charge in [0.05, 0.1) is 18.9 Å². The molecule has 2 heterocycles. The van der Waals surface area contributed by atoms with E-state index in [-0.39, 0.29) is 69.9 Å². The van der Waals surface area contributed by atoms with Crippen LogP contribution in [0, 0.1) is 0 Å². The number of carbonyl (C=O) groups is 10. The summed E-state index contributed by atoms with van der Waals surface area (Å²) in [5.74, 6) is -8.23. The first kappa shape index (κ1) is 61.1. The maximum Gasteiger partial charge on any atom is 0.288 e. The molecule has 1 aliphatic heterocycles. The van der Waals surface area contributed by atoms with Gasteiger partial charge in [-0.25, -0.2) is 4.98 Å². The van der Waals surface area contributed by atoms with Gasteiger partial charge in [-0.1, -0.05) is 0 Å². The highest BCUT2D eigenvalue weighted by molar-refractivity contribution is 5.98. The van der Waals surface area contributed by atoms with Crippen LogP contribution >= 0.6 is 0 Å². The van der Waals surface area contributed by atoms with Crippen molar-refractivity contribution in [2.75, 3.05) is 32.8 Å². The van der Waals surface area contributed by atoms with Gasteiger partial charge in [-0.3, -0.25) is 52.9 Å². The quantitative estimate of drug-likeness (QED) is 0.0181. The molecule has 1 aliphatic rings. The Kier molecular flexibility index (Phi) is 26.6. The summed E-state index contributed by atoms with van der Waals surface area (Å²) in [4.78, 5) is 140. The lowest BCUT2D eigenvalue weighted by Gasteiger charge is -2.28. The normalized spacial score (nSPS) is 16.9. The lowest BCUT2D eigenvalue weighted by molar-refractivity contribution is -0.141. The Bertz CT molecular complexity index is 2020. The van der Waals surface area contributed by atoms with Crippen LogP contribution in [0.15, 0.2) is 22.0 Å². The van der Waals surface area contributed by atoms with E-state index in [4.69, 9.17) is 33.1 Å². The third-order valence-corrected chi connectivity index (χ3v) is 11.4. The molecule has 1 aromatic heterocycles. The number of likely N-dealkylation sites (tertiary alicyclic amines) is 1. The van der Waals surface area contributed by atoms with Crippen LogP contribution in [0.3, 0.4) is 0 Å². The maximum atomic E-state index is 14.1. The molecule has 29 heteroatoms. The zero-order valence-electron chi connectivity index (χ0n) is 41.1. The van der Waals surface area contributed by atoms with Gasteiger partial charge in [0, 0.05) is 19.6 Å². The number of hydrogen-bond acceptors (Lipinski definition) is 17. The van der Waals surface area contributed by atoms with Crippen LogP contribution in [0.1, 0.15) is 102 Å². The van der Waals surface area contributed by atoms with Crippen molar-refractivity contribution in [1.82, 2.24) is 52.4 Å². The minimum Gasteiger partial charge on any atom is -0.438 e. The fourth-order valence-corrected chi connectivity index (χ4v) is 7.15. The van der Waals surface area contributed by atoms with Gasteiger partial charge >= 0.3 is 0 Å². The van der Waals surface area contributed by atoms with Gasteiger partial charge in [0.25, 0.3) is 5.91 Å². The summed E-state index contributed by atoms with van der Waals surface area (Å²) in [7, 11) is 0. The third kappa shape index (κ3) is 20.8. The Hall–Kier alpha value is -6.98. The van der Waals surface area contributed by atoms with Crippen molar-refractivity contribution in [3.05, 3.63) is 18.4 Å². The van der Waals surface area contributed by atoms with E-state index in [2.05, 4.69) is 52.5 Å². The zero-order valence-corrected chi connectivity index (χ0v) is 41.1. The molecule has 0 saturated carbocycles. The molecule has 1 saturated heterocycles. The Morgan fingerprint density at radius 1 is 0.708 bits per heavy atom. The topological polar surface area (TPSA) is 479 Å². The number of aromatic nitrogens is 1. The maximum absolute atomic E-state index is 14.1. The largest absolute Gasteiger partial charge is 0.438 e. The molecule has 72 heavy (non-hydrogen) atoms. The van der Waals surface area contributed by atoms with E-state index >= 15 is 0 Å². The van der Waals surface area contributed by atoms with Gasteiger partial charge in [0.2, 0.25) is 58.9 Å². The van der Waals surface area contributed by atoms with E-state index in [1.54, 1.807) is 0 Å². The first-order valence-electron chi connectivity index (χ1n) is 23.7. The predicted molar refractivity (Wildman–Crippen MR) is 257 cm³/mol. The molecule has 0 bridgehead atoms. The summed E-state index contributed by atoms with van der Waals surface area (Å²) >= 11 is 0.